The molecule has 4 nitrogen and oxygen atoms in total. The highest BCUT2D eigenvalue weighted by molar-refractivity contribution is 5.68. The number of benzene rings is 2. The molecule has 0 atom stereocenters. The van der Waals surface area contributed by atoms with Crippen LogP contribution >= 0.6 is 0 Å². The van der Waals surface area contributed by atoms with Crippen molar-refractivity contribution in [2.75, 3.05) is 26.2 Å². The van der Waals surface area contributed by atoms with Crippen molar-refractivity contribution in [1.29, 1.82) is 0 Å². The van der Waals surface area contributed by atoms with Gasteiger partial charge in [-0.25, -0.2) is 13.6 Å². The first-order valence-electron chi connectivity index (χ1n) is 11.4. The Balaban J connectivity index is 1.49. The summed E-state index contributed by atoms with van der Waals surface area (Å²) in [5.41, 5.74) is 1.66. The molecule has 4 rings (SSSR count). The molecule has 0 aromatic heterocycles. The molecular weight excluding hydrogens is 410 g/mol. The van der Waals surface area contributed by atoms with Crippen LogP contribution in [0.15, 0.2) is 48.5 Å². The van der Waals surface area contributed by atoms with E-state index in [4.69, 9.17) is 4.74 Å². The van der Waals surface area contributed by atoms with Gasteiger partial charge in [-0.1, -0.05) is 24.3 Å². The molecule has 0 aliphatic carbocycles. The summed E-state index contributed by atoms with van der Waals surface area (Å²) in [5.74, 6) is -0.530. The number of ether oxygens (including phenoxy) is 1. The molecule has 0 bridgehead atoms. The maximum Gasteiger partial charge on any atom is 0.410 e. The van der Waals surface area contributed by atoms with Crippen LogP contribution in [-0.4, -0.2) is 47.7 Å². The summed E-state index contributed by atoms with van der Waals surface area (Å²) in [6, 6.07) is 13.2. The van der Waals surface area contributed by atoms with Crippen LogP contribution in [-0.2, 0) is 4.74 Å². The second-order valence-corrected chi connectivity index (χ2v) is 10.2. The number of hydrogen-bond donors (Lipinski definition) is 0. The third-order valence-corrected chi connectivity index (χ3v) is 6.68. The predicted octanol–water partition coefficient (Wildman–Crippen LogP) is 5.78. The highest BCUT2D eigenvalue weighted by Crippen LogP contribution is 2.44. The topological polar surface area (TPSA) is 32.8 Å². The van der Waals surface area contributed by atoms with E-state index in [-0.39, 0.29) is 29.2 Å². The Morgan fingerprint density at radius 3 is 1.81 bits per heavy atom. The first-order valence-corrected chi connectivity index (χ1v) is 11.4. The van der Waals surface area contributed by atoms with Gasteiger partial charge in [-0.05, 0) is 87.4 Å². The van der Waals surface area contributed by atoms with Crippen LogP contribution < -0.4 is 0 Å². The summed E-state index contributed by atoms with van der Waals surface area (Å²) in [6.07, 6.45) is 2.68. The van der Waals surface area contributed by atoms with Crippen molar-refractivity contribution in [1.82, 2.24) is 9.80 Å². The molecule has 0 unspecified atom stereocenters. The molecule has 0 radical (unpaired) electrons. The largest absolute Gasteiger partial charge is 0.444 e. The Hall–Kier alpha value is -2.47. The lowest BCUT2D eigenvalue weighted by Gasteiger charge is -2.40. The molecule has 2 heterocycles. The van der Waals surface area contributed by atoms with Crippen LogP contribution in [0.25, 0.3) is 0 Å². The number of nitrogens with zero attached hydrogens (tertiary/aromatic N) is 2. The number of amides is 1. The molecule has 0 saturated carbocycles. The minimum Gasteiger partial charge on any atom is -0.444 e. The number of halogens is 2. The lowest BCUT2D eigenvalue weighted by Crippen LogP contribution is -2.46. The zero-order chi connectivity index (χ0) is 22.9. The summed E-state index contributed by atoms with van der Waals surface area (Å²) in [4.78, 5) is 16.7. The van der Waals surface area contributed by atoms with Crippen molar-refractivity contribution in [2.24, 2.45) is 5.41 Å². The van der Waals surface area contributed by atoms with Gasteiger partial charge in [0.15, 0.2) is 0 Å². The Morgan fingerprint density at radius 2 is 1.34 bits per heavy atom. The van der Waals surface area contributed by atoms with Crippen LogP contribution in [0.2, 0.25) is 0 Å². The van der Waals surface area contributed by atoms with Gasteiger partial charge in [0.05, 0.1) is 6.04 Å². The summed E-state index contributed by atoms with van der Waals surface area (Å²) in [6.45, 7) is 8.85. The van der Waals surface area contributed by atoms with Crippen molar-refractivity contribution in [3.05, 3.63) is 71.3 Å². The van der Waals surface area contributed by atoms with E-state index in [0.29, 0.717) is 13.1 Å². The van der Waals surface area contributed by atoms with Gasteiger partial charge >= 0.3 is 6.09 Å². The second-order valence-electron chi connectivity index (χ2n) is 10.2. The fraction of sp³-hybridized carbons (Fsp3) is 0.500. The minimum absolute atomic E-state index is 0.0561. The van der Waals surface area contributed by atoms with Crippen LogP contribution in [0.5, 0.6) is 0 Å². The van der Waals surface area contributed by atoms with Gasteiger partial charge in [0.2, 0.25) is 0 Å². The zero-order valence-electron chi connectivity index (χ0n) is 19.1. The Kier molecular flexibility index (Phi) is 6.26. The average Bonchev–Trinajstić information content (AvgIpc) is 3.13. The van der Waals surface area contributed by atoms with Gasteiger partial charge in [-0.3, -0.25) is 4.90 Å². The second kappa shape index (κ2) is 8.81. The van der Waals surface area contributed by atoms with E-state index in [1.807, 2.05) is 49.9 Å². The van der Waals surface area contributed by atoms with Gasteiger partial charge in [0, 0.05) is 19.6 Å². The summed E-state index contributed by atoms with van der Waals surface area (Å²) < 4.78 is 32.7. The number of piperidine rings is 1. The van der Waals surface area contributed by atoms with Crippen molar-refractivity contribution < 1.29 is 18.3 Å². The number of hydrogen-bond acceptors (Lipinski definition) is 3. The lowest BCUT2D eigenvalue weighted by molar-refractivity contribution is 0.0107. The average molecular weight is 443 g/mol. The Morgan fingerprint density at radius 1 is 0.875 bits per heavy atom. The number of carbonyl (C=O) groups is 1. The maximum atomic E-state index is 13.6. The number of likely N-dealkylation sites (tertiary alicyclic amines) is 2. The molecule has 32 heavy (non-hydrogen) atoms. The van der Waals surface area contributed by atoms with Crippen molar-refractivity contribution in [3.8, 4) is 0 Å². The molecule has 6 heteroatoms. The van der Waals surface area contributed by atoms with Gasteiger partial charge in [0.1, 0.15) is 17.2 Å². The fourth-order valence-electron chi connectivity index (χ4n) is 4.99. The van der Waals surface area contributed by atoms with E-state index in [2.05, 4.69) is 4.90 Å². The molecule has 0 N–H and O–H groups in total. The van der Waals surface area contributed by atoms with E-state index in [1.165, 1.54) is 24.3 Å². The summed E-state index contributed by atoms with van der Waals surface area (Å²) in [7, 11) is 0. The molecule has 2 aromatic rings. The van der Waals surface area contributed by atoms with E-state index < -0.39 is 5.60 Å². The van der Waals surface area contributed by atoms with E-state index in [9.17, 15) is 13.6 Å². The van der Waals surface area contributed by atoms with Gasteiger partial charge < -0.3 is 9.64 Å². The Labute approximate surface area is 189 Å². The highest BCUT2D eigenvalue weighted by Gasteiger charge is 2.44. The molecule has 172 valence electrons. The number of carbonyl (C=O) groups excluding carboxylic acids is 1. The first kappa shape index (κ1) is 22.7. The maximum absolute atomic E-state index is 13.6. The third kappa shape index (κ3) is 5.12. The zero-order valence-corrected chi connectivity index (χ0v) is 19.1. The first-order chi connectivity index (χ1) is 15.1. The molecular formula is C26H32F2N2O2. The van der Waals surface area contributed by atoms with Crippen molar-refractivity contribution in [2.45, 2.75) is 51.7 Å². The minimum atomic E-state index is -0.492. The normalized spacial score (nSPS) is 19.0. The summed E-state index contributed by atoms with van der Waals surface area (Å²) in [5, 5.41) is 0. The highest BCUT2D eigenvalue weighted by atomic mass is 19.1. The van der Waals surface area contributed by atoms with E-state index in [0.717, 1.165) is 43.5 Å². The van der Waals surface area contributed by atoms with Gasteiger partial charge in [-0.2, -0.15) is 0 Å². The molecule has 2 fully saturated rings. The lowest BCUT2D eigenvalue weighted by atomic mass is 9.78. The van der Waals surface area contributed by atoms with Crippen LogP contribution in [0, 0.1) is 17.0 Å². The van der Waals surface area contributed by atoms with Gasteiger partial charge in [0.25, 0.3) is 0 Å². The number of rotatable bonds is 3. The van der Waals surface area contributed by atoms with Gasteiger partial charge in [-0.15, -0.1) is 0 Å². The van der Waals surface area contributed by atoms with Crippen molar-refractivity contribution >= 4 is 6.09 Å². The molecule has 2 aliphatic heterocycles. The summed E-state index contributed by atoms with van der Waals surface area (Å²) >= 11 is 0. The molecule has 2 aliphatic rings. The van der Waals surface area contributed by atoms with Crippen molar-refractivity contribution in [3.63, 3.8) is 0 Å². The van der Waals surface area contributed by atoms with Crippen LogP contribution in [0.1, 0.15) is 57.2 Å². The predicted molar refractivity (Wildman–Crippen MR) is 120 cm³/mol. The van der Waals surface area contributed by atoms with E-state index >= 15 is 0 Å². The van der Waals surface area contributed by atoms with E-state index in [1.54, 1.807) is 0 Å². The van der Waals surface area contributed by atoms with Crippen LogP contribution in [0.3, 0.4) is 0 Å². The van der Waals surface area contributed by atoms with Crippen LogP contribution in [0.4, 0.5) is 13.6 Å². The molecule has 2 saturated heterocycles. The SMILES string of the molecule is CC(C)(C)OC(=O)N1CCC2(CC1)CCN(C(c1ccc(F)cc1)c1ccc(F)cc1)C2. The quantitative estimate of drug-likeness (QED) is 0.604. The monoisotopic (exact) mass is 442 g/mol. The molecule has 1 spiro atoms. The Bertz CT molecular complexity index is 884. The smallest absolute Gasteiger partial charge is 0.410 e. The fourth-order valence-corrected chi connectivity index (χ4v) is 4.99. The molecule has 1 amide bonds. The standard InChI is InChI=1S/C26H32F2N2O2/c1-25(2,3)32-24(31)29-15-12-26(13-16-29)14-17-30(18-26)23(19-4-8-21(27)9-5-19)20-6-10-22(28)11-7-20/h4-11,23H,12-18H2,1-3H3. The third-order valence-electron chi connectivity index (χ3n) is 6.68. The molecule has 2 aromatic carbocycles.